The molecule has 0 unspecified atom stereocenters. The van der Waals surface area contributed by atoms with Gasteiger partial charge in [0, 0.05) is 5.39 Å². The second-order valence-corrected chi connectivity index (χ2v) is 4.92. The molecule has 3 rings (SSSR count). The minimum Gasteiger partial charge on any atom is -0.502 e. The van der Waals surface area contributed by atoms with Crippen LogP contribution in [-0.2, 0) is 14.3 Å². The zero-order valence-corrected chi connectivity index (χ0v) is 12.5. The molecule has 0 bridgehead atoms. The lowest BCUT2D eigenvalue weighted by molar-refractivity contribution is -0.126. The van der Waals surface area contributed by atoms with Gasteiger partial charge in [-0.3, -0.25) is 9.59 Å². The number of Topliss-reactive ketones (excluding diaryl/α,β-unsaturated/α-hetero) is 1. The third kappa shape index (κ3) is 2.76. The van der Waals surface area contributed by atoms with Crippen molar-refractivity contribution in [2.45, 2.75) is 0 Å². The lowest BCUT2D eigenvalue weighted by atomic mass is 10.0. The largest absolute Gasteiger partial charge is 0.502 e. The number of fused-ring (bicyclic) bond motifs is 1. The predicted octanol–water partition coefficient (Wildman–Crippen LogP) is 2.92. The zero-order valence-electron chi connectivity index (χ0n) is 12.5. The summed E-state index contributed by atoms with van der Waals surface area (Å²) in [7, 11) is 1.42. The molecule has 2 aromatic carbocycles. The number of carbonyl (C=O) groups is 2. The SMILES string of the molecule is CO/C=C(/C(=O)C=O)n1ncc2ccc(-c3ccccc3)cc21. The molecule has 0 fully saturated rings. The van der Waals surface area contributed by atoms with Crippen molar-refractivity contribution in [1.29, 1.82) is 0 Å². The van der Waals surface area contributed by atoms with Crippen LogP contribution in [0.15, 0.2) is 61.0 Å². The molecule has 0 saturated carbocycles. The molecule has 1 heterocycles. The standard InChI is InChI=1S/C18H14N2O3/c1-23-12-17(18(22)11-21)20-16-9-14(7-8-15(16)10-19-20)13-5-3-2-4-6-13/h2-12H,1H3/b17-12-. The van der Waals surface area contributed by atoms with Crippen LogP contribution < -0.4 is 0 Å². The van der Waals surface area contributed by atoms with Crippen LogP contribution >= 0.6 is 0 Å². The zero-order chi connectivity index (χ0) is 16.2. The first-order valence-electron chi connectivity index (χ1n) is 7.00. The van der Waals surface area contributed by atoms with Gasteiger partial charge >= 0.3 is 0 Å². The Hall–Kier alpha value is -3.21. The van der Waals surface area contributed by atoms with Gasteiger partial charge in [-0.15, -0.1) is 0 Å². The Morgan fingerprint density at radius 3 is 2.61 bits per heavy atom. The Kier molecular flexibility index (Phi) is 4.01. The van der Waals surface area contributed by atoms with Crippen molar-refractivity contribution in [2.24, 2.45) is 0 Å². The van der Waals surface area contributed by atoms with E-state index in [-0.39, 0.29) is 12.0 Å². The number of aldehydes is 1. The third-order valence-electron chi connectivity index (χ3n) is 3.50. The van der Waals surface area contributed by atoms with Gasteiger partial charge in [0.15, 0.2) is 12.0 Å². The van der Waals surface area contributed by atoms with E-state index < -0.39 is 5.78 Å². The van der Waals surface area contributed by atoms with Crippen molar-refractivity contribution in [2.75, 3.05) is 7.11 Å². The van der Waals surface area contributed by atoms with Crippen molar-refractivity contribution in [3.8, 4) is 11.1 Å². The maximum atomic E-state index is 11.8. The summed E-state index contributed by atoms with van der Waals surface area (Å²) in [6, 6.07) is 15.7. The highest BCUT2D eigenvalue weighted by Gasteiger charge is 2.15. The summed E-state index contributed by atoms with van der Waals surface area (Å²) in [5, 5.41) is 5.07. The van der Waals surface area contributed by atoms with E-state index in [0.29, 0.717) is 0 Å². The average Bonchev–Trinajstić information content (AvgIpc) is 3.02. The van der Waals surface area contributed by atoms with Crippen LogP contribution in [0.25, 0.3) is 27.7 Å². The maximum absolute atomic E-state index is 11.8. The molecular weight excluding hydrogens is 292 g/mol. The Morgan fingerprint density at radius 1 is 1.13 bits per heavy atom. The van der Waals surface area contributed by atoms with Crippen LogP contribution in [0.2, 0.25) is 0 Å². The number of rotatable bonds is 5. The monoisotopic (exact) mass is 306 g/mol. The van der Waals surface area contributed by atoms with Gasteiger partial charge in [0.2, 0.25) is 5.78 Å². The molecule has 0 saturated heterocycles. The summed E-state index contributed by atoms with van der Waals surface area (Å²) in [6.45, 7) is 0. The highest BCUT2D eigenvalue weighted by molar-refractivity contribution is 6.43. The van der Waals surface area contributed by atoms with Crippen LogP contribution in [0, 0.1) is 0 Å². The highest BCUT2D eigenvalue weighted by atomic mass is 16.5. The first kappa shape index (κ1) is 14.7. The number of allylic oxidation sites excluding steroid dienone is 1. The van der Waals surface area contributed by atoms with Gasteiger partial charge in [-0.1, -0.05) is 42.5 Å². The summed E-state index contributed by atoms with van der Waals surface area (Å²) in [5.74, 6) is -0.693. The number of hydrogen-bond donors (Lipinski definition) is 0. The van der Waals surface area contributed by atoms with E-state index >= 15 is 0 Å². The molecule has 23 heavy (non-hydrogen) atoms. The van der Waals surface area contributed by atoms with E-state index in [1.54, 1.807) is 6.20 Å². The molecule has 5 nitrogen and oxygen atoms in total. The minimum atomic E-state index is -0.693. The van der Waals surface area contributed by atoms with Gasteiger partial charge in [-0.2, -0.15) is 5.10 Å². The number of ketones is 1. The van der Waals surface area contributed by atoms with Crippen LogP contribution in [0.4, 0.5) is 0 Å². The number of benzene rings is 2. The molecule has 0 aliphatic rings. The smallest absolute Gasteiger partial charge is 0.246 e. The highest BCUT2D eigenvalue weighted by Crippen LogP contribution is 2.25. The molecular formula is C18H14N2O3. The lowest BCUT2D eigenvalue weighted by Crippen LogP contribution is -2.11. The number of aromatic nitrogens is 2. The normalized spacial score (nSPS) is 11.4. The van der Waals surface area contributed by atoms with E-state index in [9.17, 15) is 9.59 Å². The van der Waals surface area contributed by atoms with E-state index in [4.69, 9.17) is 4.74 Å². The molecule has 0 aliphatic carbocycles. The summed E-state index contributed by atoms with van der Waals surface area (Å²) < 4.78 is 6.33. The molecule has 0 radical (unpaired) electrons. The van der Waals surface area contributed by atoms with Crippen molar-refractivity contribution < 1.29 is 14.3 Å². The molecule has 0 atom stereocenters. The molecule has 5 heteroatoms. The maximum Gasteiger partial charge on any atom is 0.246 e. The van der Waals surface area contributed by atoms with Crippen LogP contribution in [0.1, 0.15) is 0 Å². The van der Waals surface area contributed by atoms with Crippen LogP contribution in [-0.4, -0.2) is 29.0 Å². The number of ether oxygens (including phenoxy) is 1. The fourth-order valence-corrected chi connectivity index (χ4v) is 2.40. The van der Waals surface area contributed by atoms with Crippen molar-refractivity contribution in [1.82, 2.24) is 9.78 Å². The first-order chi connectivity index (χ1) is 11.2. The fraction of sp³-hybridized carbons (Fsp3) is 0.0556. The van der Waals surface area contributed by atoms with Gasteiger partial charge in [0.1, 0.15) is 6.26 Å². The molecule has 114 valence electrons. The van der Waals surface area contributed by atoms with E-state index in [1.807, 2.05) is 48.5 Å². The second-order valence-electron chi connectivity index (χ2n) is 4.92. The summed E-state index contributed by atoms with van der Waals surface area (Å²) >= 11 is 0. The van der Waals surface area contributed by atoms with E-state index in [1.165, 1.54) is 18.1 Å². The number of hydrogen-bond acceptors (Lipinski definition) is 4. The molecule has 0 aliphatic heterocycles. The molecule has 3 aromatic rings. The van der Waals surface area contributed by atoms with Gasteiger partial charge in [-0.25, -0.2) is 4.68 Å². The van der Waals surface area contributed by atoms with Gasteiger partial charge in [0.05, 0.1) is 18.8 Å². The molecule has 0 amide bonds. The van der Waals surface area contributed by atoms with Gasteiger partial charge < -0.3 is 4.74 Å². The Balaban J connectivity index is 2.17. The minimum absolute atomic E-state index is 0.0720. The Bertz CT molecular complexity index is 895. The van der Waals surface area contributed by atoms with E-state index in [2.05, 4.69) is 5.10 Å². The Labute approximate surface area is 132 Å². The summed E-state index contributed by atoms with van der Waals surface area (Å²) in [5.41, 5.74) is 2.85. The second kappa shape index (κ2) is 6.27. The summed E-state index contributed by atoms with van der Waals surface area (Å²) in [4.78, 5) is 22.7. The van der Waals surface area contributed by atoms with Gasteiger partial charge in [-0.05, 0) is 17.2 Å². The number of nitrogens with zero attached hydrogens (tertiary/aromatic N) is 2. The summed E-state index contributed by atoms with van der Waals surface area (Å²) in [6.07, 6.45) is 3.11. The molecule has 0 N–H and O–H groups in total. The van der Waals surface area contributed by atoms with Gasteiger partial charge in [0.25, 0.3) is 0 Å². The molecule has 1 aromatic heterocycles. The predicted molar refractivity (Wildman–Crippen MR) is 87.5 cm³/mol. The van der Waals surface area contributed by atoms with Crippen molar-refractivity contribution in [3.05, 3.63) is 61.0 Å². The fourth-order valence-electron chi connectivity index (χ4n) is 2.40. The average molecular weight is 306 g/mol. The Morgan fingerprint density at radius 2 is 1.91 bits per heavy atom. The van der Waals surface area contributed by atoms with Crippen molar-refractivity contribution in [3.63, 3.8) is 0 Å². The number of methoxy groups -OCH3 is 1. The third-order valence-corrected chi connectivity index (χ3v) is 3.50. The quantitative estimate of drug-likeness (QED) is 0.315. The molecule has 0 spiro atoms. The first-order valence-corrected chi connectivity index (χ1v) is 7.00. The van der Waals surface area contributed by atoms with Crippen LogP contribution in [0.3, 0.4) is 0 Å². The van der Waals surface area contributed by atoms with Crippen molar-refractivity contribution >= 4 is 28.7 Å². The lowest BCUT2D eigenvalue weighted by Gasteiger charge is -2.06. The van der Waals surface area contributed by atoms with E-state index in [0.717, 1.165) is 22.0 Å². The number of carbonyl (C=O) groups excluding carboxylic acids is 2. The van der Waals surface area contributed by atoms with Crippen LogP contribution in [0.5, 0.6) is 0 Å². The topological polar surface area (TPSA) is 61.2 Å².